The molecule has 5 heterocycles. The van der Waals surface area contributed by atoms with Crippen LogP contribution >= 0.6 is 0 Å². The number of piperidine rings is 2. The van der Waals surface area contributed by atoms with Gasteiger partial charge in [-0.25, -0.2) is 23.5 Å². The monoisotopic (exact) mass is 766 g/mol. The minimum absolute atomic E-state index is 0.0915. The molecule has 2 saturated heterocycles. The lowest BCUT2D eigenvalue weighted by Gasteiger charge is -2.37. The molecule has 0 spiro atoms. The minimum Gasteiger partial charge on any atom is -0.342 e. The van der Waals surface area contributed by atoms with Crippen LogP contribution in [0.4, 0.5) is 14.6 Å². The third-order valence-electron chi connectivity index (χ3n) is 11.7. The molecule has 57 heavy (non-hydrogen) atoms. The highest BCUT2D eigenvalue weighted by atomic mass is 19.1. The standard InChI is InChI=1S/C45H40F2N6O4/c46-34-11-9-32(10-12-34)31-7-5-29(6-8-31)28-51-40-26-35(47)13-14-39(40)52(45(51)57)36-18-23-50(24-19-36)42(54)33-16-21-49(22-17-33)27-30-15-20-48-41(25-30)53-43(55)37-3-1-2-4-38(37)44(53)56/h1-15,20,25-26,33,36H,16-19,21-24,27-28H2. The summed E-state index contributed by atoms with van der Waals surface area (Å²) in [5.74, 6) is -1.11. The second-order valence-electron chi connectivity index (χ2n) is 15.2. The van der Waals surface area contributed by atoms with E-state index in [1.807, 2.05) is 35.2 Å². The van der Waals surface area contributed by atoms with Crippen molar-refractivity contribution in [2.75, 3.05) is 31.1 Å². The Bertz CT molecular complexity index is 2530. The van der Waals surface area contributed by atoms with Crippen molar-refractivity contribution in [2.45, 2.75) is 44.8 Å². The van der Waals surface area contributed by atoms with Gasteiger partial charge in [0.2, 0.25) is 5.91 Å². The van der Waals surface area contributed by atoms with Crippen LogP contribution in [0.3, 0.4) is 0 Å². The number of carbonyl (C=O) groups is 3. The van der Waals surface area contributed by atoms with Crippen LogP contribution in [0.25, 0.3) is 22.2 Å². The molecule has 288 valence electrons. The maximum Gasteiger partial charge on any atom is 0.329 e. The number of rotatable bonds is 8. The van der Waals surface area contributed by atoms with Gasteiger partial charge in [-0.15, -0.1) is 0 Å². The lowest BCUT2D eigenvalue weighted by atomic mass is 9.93. The zero-order valence-electron chi connectivity index (χ0n) is 31.2. The van der Waals surface area contributed by atoms with Gasteiger partial charge >= 0.3 is 5.69 Å². The molecule has 3 amide bonds. The van der Waals surface area contributed by atoms with Gasteiger partial charge in [0.1, 0.15) is 17.5 Å². The molecule has 3 aliphatic rings. The van der Waals surface area contributed by atoms with Gasteiger partial charge in [0, 0.05) is 37.8 Å². The van der Waals surface area contributed by atoms with E-state index in [2.05, 4.69) is 9.88 Å². The summed E-state index contributed by atoms with van der Waals surface area (Å²) in [5.41, 5.74) is 5.37. The molecule has 0 saturated carbocycles. The Kier molecular flexibility index (Phi) is 9.57. The van der Waals surface area contributed by atoms with Crippen LogP contribution in [0.15, 0.2) is 114 Å². The highest BCUT2D eigenvalue weighted by Gasteiger charge is 2.37. The van der Waals surface area contributed by atoms with Crippen LogP contribution in [0, 0.1) is 17.6 Å². The first-order chi connectivity index (χ1) is 27.7. The van der Waals surface area contributed by atoms with Gasteiger partial charge in [0.25, 0.3) is 11.8 Å². The van der Waals surface area contributed by atoms with E-state index in [0.29, 0.717) is 60.5 Å². The molecule has 2 aromatic heterocycles. The van der Waals surface area contributed by atoms with Gasteiger partial charge in [0.15, 0.2) is 0 Å². The normalized spacial score (nSPS) is 16.8. The summed E-state index contributed by atoms with van der Waals surface area (Å²) in [6.45, 7) is 3.41. The topological polar surface area (TPSA) is 101 Å². The summed E-state index contributed by atoms with van der Waals surface area (Å²) in [6, 6.07) is 28.8. The van der Waals surface area contributed by atoms with Crippen molar-refractivity contribution < 1.29 is 23.2 Å². The summed E-state index contributed by atoms with van der Waals surface area (Å²) in [4.78, 5) is 63.5. The molecule has 9 rings (SSSR count). The van der Waals surface area contributed by atoms with Crippen molar-refractivity contribution in [1.29, 1.82) is 0 Å². The zero-order chi connectivity index (χ0) is 39.2. The fraction of sp³-hybridized carbons (Fsp3) is 0.267. The Morgan fingerprint density at radius 3 is 1.95 bits per heavy atom. The Morgan fingerprint density at radius 2 is 1.28 bits per heavy atom. The number of pyridine rings is 1. The van der Waals surface area contributed by atoms with E-state index in [0.717, 1.165) is 53.1 Å². The number of likely N-dealkylation sites (tertiary alicyclic amines) is 2. The van der Waals surface area contributed by atoms with Gasteiger partial charge in [-0.1, -0.05) is 48.5 Å². The number of aromatic nitrogens is 3. The third kappa shape index (κ3) is 6.94. The highest BCUT2D eigenvalue weighted by molar-refractivity contribution is 6.34. The summed E-state index contributed by atoms with van der Waals surface area (Å²) >= 11 is 0. The van der Waals surface area contributed by atoms with E-state index in [1.54, 1.807) is 63.9 Å². The van der Waals surface area contributed by atoms with Crippen LogP contribution in [0.2, 0.25) is 0 Å². The maximum absolute atomic E-state index is 14.6. The maximum atomic E-state index is 14.6. The van der Waals surface area contributed by atoms with Crippen molar-refractivity contribution in [3.63, 3.8) is 0 Å². The van der Waals surface area contributed by atoms with Gasteiger partial charge in [-0.3, -0.25) is 28.4 Å². The van der Waals surface area contributed by atoms with E-state index in [4.69, 9.17) is 0 Å². The van der Waals surface area contributed by atoms with Gasteiger partial charge in [-0.05, 0) is 116 Å². The predicted octanol–water partition coefficient (Wildman–Crippen LogP) is 7.07. The number of imidazole rings is 1. The summed E-state index contributed by atoms with van der Waals surface area (Å²) in [6.07, 6.45) is 4.29. The fourth-order valence-electron chi connectivity index (χ4n) is 8.66. The second kappa shape index (κ2) is 15.0. The molecular weight excluding hydrogens is 727 g/mol. The molecule has 12 heteroatoms. The number of hydrogen-bond acceptors (Lipinski definition) is 6. The van der Waals surface area contributed by atoms with Crippen molar-refractivity contribution in [1.82, 2.24) is 23.9 Å². The number of halogens is 2. The number of benzene rings is 4. The van der Waals surface area contributed by atoms with Crippen LogP contribution in [0.5, 0.6) is 0 Å². The Morgan fingerprint density at radius 1 is 0.649 bits per heavy atom. The Balaban J connectivity index is 0.818. The molecular formula is C45H40F2N6O4. The second-order valence-corrected chi connectivity index (χ2v) is 15.2. The molecule has 0 bridgehead atoms. The summed E-state index contributed by atoms with van der Waals surface area (Å²) in [5, 5.41) is 0. The van der Waals surface area contributed by atoms with Crippen LogP contribution < -0.4 is 10.6 Å². The van der Waals surface area contributed by atoms with Crippen LogP contribution in [0.1, 0.15) is 63.6 Å². The molecule has 0 radical (unpaired) electrons. The van der Waals surface area contributed by atoms with Crippen molar-refractivity contribution in [3.05, 3.63) is 154 Å². The average molecular weight is 767 g/mol. The number of fused-ring (bicyclic) bond motifs is 2. The van der Waals surface area contributed by atoms with Crippen LogP contribution in [-0.4, -0.2) is 67.8 Å². The molecule has 0 N–H and O–H groups in total. The summed E-state index contributed by atoms with van der Waals surface area (Å²) < 4.78 is 31.4. The lowest BCUT2D eigenvalue weighted by Crippen LogP contribution is -2.46. The molecule has 10 nitrogen and oxygen atoms in total. The molecule has 4 aromatic carbocycles. The van der Waals surface area contributed by atoms with E-state index in [-0.39, 0.29) is 47.7 Å². The number of nitrogens with zero attached hydrogens (tertiary/aromatic N) is 6. The molecule has 2 fully saturated rings. The van der Waals surface area contributed by atoms with Gasteiger partial charge in [-0.2, -0.15) is 0 Å². The largest absolute Gasteiger partial charge is 0.342 e. The highest BCUT2D eigenvalue weighted by Crippen LogP contribution is 2.31. The number of hydrogen-bond donors (Lipinski definition) is 0. The van der Waals surface area contributed by atoms with E-state index in [1.165, 1.54) is 24.3 Å². The number of anilines is 1. The summed E-state index contributed by atoms with van der Waals surface area (Å²) in [7, 11) is 0. The first-order valence-electron chi connectivity index (χ1n) is 19.4. The van der Waals surface area contributed by atoms with E-state index < -0.39 is 5.82 Å². The van der Waals surface area contributed by atoms with Crippen molar-refractivity contribution in [3.8, 4) is 11.1 Å². The third-order valence-corrected chi connectivity index (χ3v) is 11.7. The van der Waals surface area contributed by atoms with Crippen molar-refractivity contribution in [2.24, 2.45) is 5.92 Å². The molecule has 6 aromatic rings. The van der Waals surface area contributed by atoms with E-state index >= 15 is 0 Å². The molecule has 3 aliphatic heterocycles. The minimum atomic E-state index is -0.418. The molecule has 0 unspecified atom stereocenters. The fourth-order valence-corrected chi connectivity index (χ4v) is 8.66. The smallest absolute Gasteiger partial charge is 0.329 e. The van der Waals surface area contributed by atoms with Crippen molar-refractivity contribution >= 4 is 34.6 Å². The lowest BCUT2D eigenvalue weighted by molar-refractivity contribution is -0.138. The van der Waals surface area contributed by atoms with E-state index in [9.17, 15) is 28.0 Å². The number of amides is 3. The quantitative estimate of drug-likeness (QED) is 0.154. The Labute approximate surface area is 327 Å². The zero-order valence-corrected chi connectivity index (χ0v) is 31.2. The molecule has 0 aliphatic carbocycles. The van der Waals surface area contributed by atoms with Gasteiger partial charge < -0.3 is 4.90 Å². The average Bonchev–Trinajstić information content (AvgIpc) is 3.65. The number of carbonyl (C=O) groups excluding carboxylic acids is 3. The Hall–Kier alpha value is -6.27. The van der Waals surface area contributed by atoms with Crippen LogP contribution in [-0.2, 0) is 17.9 Å². The molecule has 0 atom stereocenters. The number of imide groups is 1. The SMILES string of the molecule is O=C(C1CCN(Cc2ccnc(N3C(=O)c4ccccc4C3=O)c2)CC1)N1CCC(n2c(=O)n(Cc3ccc(-c4ccc(F)cc4)cc3)c3cc(F)ccc32)CC1. The first kappa shape index (κ1) is 36.4. The predicted molar refractivity (Wildman–Crippen MR) is 212 cm³/mol. The van der Waals surface area contributed by atoms with Gasteiger partial charge in [0.05, 0.1) is 28.7 Å². The first-order valence-corrected chi connectivity index (χ1v) is 19.4.